The summed E-state index contributed by atoms with van der Waals surface area (Å²) in [7, 11) is 0. The largest absolute Gasteiger partial charge is 0.459 e. The van der Waals surface area contributed by atoms with Crippen molar-refractivity contribution in [2.45, 2.75) is 76.3 Å². The van der Waals surface area contributed by atoms with Crippen molar-refractivity contribution in [1.29, 1.82) is 0 Å². The molecule has 2 saturated carbocycles. The highest BCUT2D eigenvalue weighted by Gasteiger charge is 3.00. The Kier molecular flexibility index (Phi) is 2.79. The van der Waals surface area contributed by atoms with Crippen molar-refractivity contribution >= 4 is 11.9 Å². The number of esters is 2. The lowest BCUT2D eigenvalue weighted by Crippen LogP contribution is -2.66. The van der Waals surface area contributed by atoms with Crippen LogP contribution < -0.4 is 0 Å². The second-order valence-electron chi connectivity index (χ2n) is 10.7. The topological polar surface area (TPSA) is 112 Å². The second-order valence-corrected chi connectivity index (χ2v) is 10.7. The third-order valence-electron chi connectivity index (χ3n) is 8.99. The van der Waals surface area contributed by atoms with Crippen LogP contribution in [-0.2, 0) is 28.5 Å². The molecule has 0 aromatic heterocycles. The lowest BCUT2D eigenvalue weighted by molar-refractivity contribution is -0.238. The molecule has 154 valence electrons. The molecule has 0 amide bonds. The highest BCUT2D eigenvalue weighted by Crippen LogP contribution is 2.84. The van der Waals surface area contributed by atoms with Gasteiger partial charge in [-0.2, -0.15) is 0 Å². The van der Waals surface area contributed by atoms with E-state index in [-0.39, 0.29) is 17.3 Å². The molecule has 2 N–H and O–H groups in total. The Morgan fingerprint density at radius 3 is 2.54 bits per heavy atom. The van der Waals surface area contributed by atoms with Crippen molar-refractivity contribution in [3.63, 3.8) is 0 Å². The molecule has 6 fully saturated rings. The van der Waals surface area contributed by atoms with Crippen LogP contribution >= 0.6 is 0 Å². The van der Waals surface area contributed by atoms with Gasteiger partial charge in [-0.25, -0.2) is 9.59 Å². The molecule has 4 aliphatic heterocycles. The van der Waals surface area contributed by atoms with Crippen molar-refractivity contribution in [1.82, 2.24) is 0 Å². The summed E-state index contributed by atoms with van der Waals surface area (Å²) in [5.74, 6) is -1.92. The summed E-state index contributed by atoms with van der Waals surface area (Å²) in [4.78, 5) is 25.8. The Balaban J connectivity index is 1.69. The monoisotopic (exact) mass is 394 g/mol. The zero-order valence-electron chi connectivity index (χ0n) is 16.4. The zero-order valence-corrected chi connectivity index (χ0v) is 16.4. The molecule has 8 nitrogen and oxygen atoms in total. The molecule has 0 bridgehead atoms. The van der Waals surface area contributed by atoms with Crippen LogP contribution in [0.1, 0.15) is 40.5 Å². The first kappa shape index (κ1) is 17.6. The van der Waals surface area contributed by atoms with Gasteiger partial charge in [0.05, 0.1) is 23.5 Å². The summed E-state index contributed by atoms with van der Waals surface area (Å²) in [5, 5.41) is 23.1. The average molecular weight is 394 g/mol. The highest BCUT2D eigenvalue weighted by molar-refractivity contribution is 5.90. The number of rotatable bonds is 0. The third-order valence-corrected chi connectivity index (χ3v) is 8.99. The van der Waals surface area contributed by atoms with Gasteiger partial charge in [0, 0.05) is 5.92 Å². The maximum Gasteiger partial charge on any atom is 0.342 e. The number of aliphatic hydroxyl groups excluding tert-OH is 1. The minimum Gasteiger partial charge on any atom is -0.459 e. The van der Waals surface area contributed by atoms with E-state index in [0.29, 0.717) is 19.4 Å². The average Bonchev–Trinajstić information content (AvgIpc) is 3.31. The van der Waals surface area contributed by atoms with Crippen molar-refractivity contribution in [2.75, 3.05) is 6.61 Å². The lowest BCUT2D eigenvalue weighted by Gasteiger charge is -2.46. The van der Waals surface area contributed by atoms with Gasteiger partial charge >= 0.3 is 11.9 Å². The molecule has 0 aromatic carbocycles. The fraction of sp³-hybridized carbons (Fsp3) is 0.900. The van der Waals surface area contributed by atoms with Gasteiger partial charge in [0.1, 0.15) is 11.7 Å². The van der Waals surface area contributed by atoms with Gasteiger partial charge in [-0.3, -0.25) is 0 Å². The van der Waals surface area contributed by atoms with Gasteiger partial charge in [-0.15, -0.1) is 0 Å². The molecule has 2 spiro atoms. The summed E-state index contributed by atoms with van der Waals surface area (Å²) < 4.78 is 23.6. The second kappa shape index (κ2) is 4.43. The van der Waals surface area contributed by atoms with Crippen LogP contribution in [0.2, 0.25) is 0 Å². The van der Waals surface area contributed by atoms with Crippen LogP contribution in [0.4, 0.5) is 0 Å². The van der Waals surface area contributed by atoms with E-state index in [0.717, 1.165) is 0 Å². The van der Waals surface area contributed by atoms with Gasteiger partial charge in [0.15, 0.2) is 6.10 Å². The zero-order chi connectivity index (χ0) is 20.1. The van der Waals surface area contributed by atoms with Crippen molar-refractivity contribution < 1.29 is 38.7 Å². The van der Waals surface area contributed by atoms with E-state index in [1.54, 1.807) is 0 Å². The van der Waals surface area contributed by atoms with Crippen molar-refractivity contribution in [3.05, 3.63) is 0 Å². The first-order chi connectivity index (χ1) is 13.0. The summed E-state index contributed by atoms with van der Waals surface area (Å²) in [5.41, 5.74) is -5.83. The quantitative estimate of drug-likeness (QED) is 0.558. The Morgan fingerprint density at radius 2 is 1.86 bits per heavy atom. The Bertz CT molecular complexity index is 820. The minimum absolute atomic E-state index is 0.204. The maximum absolute atomic E-state index is 13.3. The molecule has 4 saturated heterocycles. The van der Waals surface area contributed by atoms with Gasteiger partial charge in [-0.05, 0) is 24.2 Å². The number of hydrogen-bond donors (Lipinski definition) is 2. The fourth-order valence-electron chi connectivity index (χ4n) is 8.16. The van der Waals surface area contributed by atoms with E-state index in [9.17, 15) is 19.8 Å². The van der Waals surface area contributed by atoms with Crippen LogP contribution in [0.5, 0.6) is 0 Å². The number of ether oxygens (including phenoxy) is 4. The fourth-order valence-corrected chi connectivity index (χ4v) is 8.16. The molecule has 4 heterocycles. The maximum atomic E-state index is 13.3. The summed E-state index contributed by atoms with van der Waals surface area (Å²) in [6.45, 7) is 8.27. The van der Waals surface area contributed by atoms with Crippen LogP contribution in [0, 0.1) is 28.1 Å². The first-order valence-corrected chi connectivity index (χ1v) is 10.1. The van der Waals surface area contributed by atoms with Crippen LogP contribution in [0.3, 0.4) is 0 Å². The SMILES string of the molecule is C[C@@H]1COC2CC34C5C[C@@H](C(C)(C)C)C36C(OC(=O)[C@@H]6O)OC4(C(=O)O5)[C@]21O. The number of fused-ring (bicyclic) bond motifs is 1. The van der Waals surface area contributed by atoms with Gasteiger partial charge < -0.3 is 29.2 Å². The van der Waals surface area contributed by atoms with E-state index >= 15 is 0 Å². The van der Waals surface area contributed by atoms with Gasteiger partial charge in [0.25, 0.3) is 0 Å². The van der Waals surface area contributed by atoms with Crippen LogP contribution in [-0.4, -0.2) is 64.6 Å². The lowest BCUT2D eigenvalue weighted by atomic mass is 9.51. The molecular weight excluding hydrogens is 368 g/mol. The third kappa shape index (κ3) is 1.28. The Hall–Kier alpha value is -1.22. The minimum atomic E-state index is -1.70. The molecule has 10 atom stereocenters. The predicted octanol–water partition coefficient (Wildman–Crippen LogP) is 0.133. The molecule has 0 aromatic rings. The van der Waals surface area contributed by atoms with Crippen LogP contribution in [0.25, 0.3) is 0 Å². The van der Waals surface area contributed by atoms with Crippen LogP contribution in [0.15, 0.2) is 0 Å². The molecule has 6 aliphatic rings. The summed E-state index contributed by atoms with van der Waals surface area (Å²) in [6.07, 6.45) is -2.93. The number of hydrogen-bond acceptors (Lipinski definition) is 8. The van der Waals surface area contributed by atoms with Crippen molar-refractivity contribution in [2.24, 2.45) is 28.1 Å². The van der Waals surface area contributed by atoms with E-state index < -0.39 is 58.6 Å². The van der Waals surface area contributed by atoms with Crippen molar-refractivity contribution in [3.8, 4) is 0 Å². The Labute approximate surface area is 162 Å². The van der Waals surface area contributed by atoms with E-state index in [1.165, 1.54) is 0 Å². The molecule has 8 heteroatoms. The number of carbonyl (C=O) groups is 2. The molecular formula is C20H26O8. The summed E-state index contributed by atoms with van der Waals surface area (Å²) >= 11 is 0. The predicted molar refractivity (Wildman–Crippen MR) is 90.5 cm³/mol. The van der Waals surface area contributed by atoms with E-state index in [1.807, 2.05) is 27.7 Å². The normalized spacial score (nSPS) is 61.1. The Morgan fingerprint density at radius 1 is 1.14 bits per heavy atom. The van der Waals surface area contributed by atoms with E-state index in [2.05, 4.69) is 0 Å². The van der Waals surface area contributed by atoms with E-state index in [4.69, 9.17) is 18.9 Å². The molecule has 2 aliphatic carbocycles. The standard InChI is InChI=1S/C20H26O8/c1-8-7-25-11-6-17-10-5-9(16(2,3)4)18(17)12(21)13(22)27-15(18)28-20(17,14(23)26-10)19(8,11)24/h8-12,15,21,24H,5-7H2,1-4H3/t8-,9+,10?,11?,12+,15?,17?,18?,19-,20?/m1/s1. The molecule has 6 unspecified atom stereocenters. The molecule has 28 heavy (non-hydrogen) atoms. The number of aliphatic hydroxyl groups is 2. The summed E-state index contributed by atoms with van der Waals surface area (Å²) in [6, 6.07) is 0. The highest BCUT2D eigenvalue weighted by atomic mass is 16.8. The molecule has 6 rings (SSSR count). The van der Waals surface area contributed by atoms with Gasteiger partial charge in [-0.1, -0.05) is 27.7 Å². The van der Waals surface area contributed by atoms with Gasteiger partial charge in [0.2, 0.25) is 11.9 Å². The first-order valence-electron chi connectivity index (χ1n) is 10.1. The smallest absolute Gasteiger partial charge is 0.342 e. The molecule has 0 radical (unpaired) electrons. The number of carbonyl (C=O) groups excluding carboxylic acids is 2.